The van der Waals surface area contributed by atoms with Crippen molar-refractivity contribution in [3.05, 3.63) is 42.5 Å². The largest absolute Gasteiger partial charge is 0.459 e. The number of hydrogen-bond donors (Lipinski definition) is 2. The first kappa shape index (κ1) is 15.5. The number of ether oxygens (including phenoxy) is 1. The van der Waals surface area contributed by atoms with E-state index in [2.05, 4.69) is 20.5 Å². The van der Waals surface area contributed by atoms with Gasteiger partial charge in [0.1, 0.15) is 5.82 Å². The molecule has 0 bridgehead atoms. The molecule has 0 spiro atoms. The Balaban J connectivity index is 1.44. The maximum absolute atomic E-state index is 11.8. The van der Waals surface area contributed by atoms with Gasteiger partial charge >= 0.3 is 0 Å². The van der Waals surface area contributed by atoms with Crippen molar-refractivity contribution in [3.63, 3.8) is 0 Å². The topological polar surface area (TPSA) is 79.6 Å². The Bertz CT molecular complexity index is 607. The number of anilines is 2. The Kier molecular flexibility index (Phi) is 5.23. The van der Waals surface area contributed by atoms with E-state index in [1.807, 2.05) is 6.07 Å². The van der Waals surface area contributed by atoms with E-state index in [0.29, 0.717) is 5.82 Å². The second-order valence-electron chi connectivity index (χ2n) is 5.24. The third-order valence-electron chi connectivity index (χ3n) is 3.61. The number of amides is 1. The normalized spacial score (nSPS) is 15.3. The molecule has 0 saturated carbocycles. The quantitative estimate of drug-likeness (QED) is 0.844. The van der Waals surface area contributed by atoms with Crippen LogP contribution in [0, 0.1) is 0 Å². The van der Waals surface area contributed by atoms with Crippen LogP contribution in [-0.2, 0) is 4.74 Å². The summed E-state index contributed by atoms with van der Waals surface area (Å²) in [5.74, 6) is 0.445. The lowest BCUT2D eigenvalue weighted by Gasteiger charge is -2.26. The summed E-state index contributed by atoms with van der Waals surface area (Å²) in [6.45, 7) is 5.41. The number of morpholine rings is 1. The van der Waals surface area contributed by atoms with Crippen LogP contribution in [0.4, 0.5) is 11.5 Å². The zero-order valence-corrected chi connectivity index (χ0v) is 12.8. The summed E-state index contributed by atoms with van der Waals surface area (Å²) in [5, 5.41) is 6.01. The van der Waals surface area contributed by atoms with Gasteiger partial charge in [0.05, 0.1) is 31.4 Å². The van der Waals surface area contributed by atoms with Crippen molar-refractivity contribution in [3.8, 4) is 0 Å². The summed E-state index contributed by atoms with van der Waals surface area (Å²) >= 11 is 0. The molecule has 7 heteroatoms. The number of nitrogens with one attached hydrogen (secondary N) is 2. The SMILES string of the molecule is O=C(Nc1ccc(NCCN2CCOCC2)cn1)c1ccco1. The molecule has 23 heavy (non-hydrogen) atoms. The van der Waals surface area contributed by atoms with Gasteiger partial charge in [-0.3, -0.25) is 9.69 Å². The minimum absolute atomic E-state index is 0.263. The maximum Gasteiger partial charge on any atom is 0.292 e. The average Bonchev–Trinajstić information content (AvgIpc) is 3.12. The molecule has 3 heterocycles. The first-order chi connectivity index (χ1) is 11.3. The smallest absolute Gasteiger partial charge is 0.292 e. The molecule has 3 rings (SSSR count). The van der Waals surface area contributed by atoms with Gasteiger partial charge in [-0.2, -0.15) is 0 Å². The molecule has 0 aromatic carbocycles. The van der Waals surface area contributed by atoms with Crippen LogP contribution in [0.5, 0.6) is 0 Å². The highest BCUT2D eigenvalue weighted by atomic mass is 16.5. The van der Waals surface area contributed by atoms with Gasteiger partial charge in [0, 0.05) is 26.2 Å². The molecule has 0 aliphatic carbocycles. The highest BCUT2D eigenvalue weighted by Crippen LogP contribution is 2.11. The molecule has 1 aliphatic rings. The lowest BCUT2D eigenvalue weighted by Crippen LogP contribution is -2.39. The maximum atomic E-state index is 11.8. The van der Waals surface area contributed by atoms with Gasteiger partial charge in [0.15, 0.2) is 5.76 Å². The van der Waals surface area contributed by atoms with Crippen molar-refractivity contribution in [1.29, 1.82) is 0 Å². The lowest BCUT2D eigenvalue weighted by molar-refractivity contribution is 0.0398. The highest BCUT2D eigenvalue weighted by molar-refractivity contribution is 6.01. The van der Waals surface area contributed by atoms with Crippen molar-refractivity contribution in [2.24, 2.45) is 0 Å². The van der Waals surface area contributed by atoms with Crippen molar-refractivity contribution in [2.75, 3.05) is 50.0 Å². The molecule has 0 radical (unpaired) electrons. The summed E-state index contributed by atoms with van der Waals surface area (Å²) in [7, 11) is 0. The van der Waals surface area contributed by atoms with Crippen LogP contribution in [0.15, 0.2) is 41.1 Å². The average molecular weight is 316 g/mol. The Morgan fingerprint density at radius 3 is 2.83 bits per heavy atom. The molecule has 1 aliphatic heterocycles. The molecule has 0 atom stereocenters. The van der Waals surface area contributed by atoms with Crippen molar-refractivity contribution >= 4 is 17.4 Å². The third-order valence-corrected chi connectivity index (χ3v) is 3.61. The zero-order valence-electron chi connectivity index (χ0n) is 12.8. The van der Waals surface area contributed by atoms with E-state index in [1.165, 1.54) is 6.26 Å². The minimum Gasteiger partial charge on any atom is -0.459 e. The molecule has 122 valence electrons. The fourth-order valence-electron chi connectivity index (χ4n) is 2.34. The van der Waals surface area contributed by atoms with Gasteiger partial charge in [0.25, 0.3) is 5.91 Å². The Labute approximate surface area is 134 Å². The molecule has 1 fully saturated rings. The molecule has 0 unspecified atom stereocenters. The Morgan fingerprint density at radius 2 is 2.13 bits per heavy atom. The predicted octanol–water partition coefficient (Wildman–Crippen LogP) is 1.67. The minimum atomic E-state index is -0.310. The summed E-state index contributed by atoms with van der Waals surface area (Å²) in [6.07, 6.45) is 3.17. The fourth-order valence-corrected chi connectivity index (χ4v) is 2.34. The molecule has 2 aromatic heterocycles. The number of furan rings is 1. The van der Waals surface area contributed by atoms with E-state index in [-0.39, 0.29) is 11.7 Å². The molecular formula is C16H20N4O3. The Morgan fingerprint density at radius 1 is 1.26 bits per heavy atom. The molecule has 1 amide bonds. The molecule has 2 aromatic rings. The second-order valence-corrected chi connectivity index (χ2v) is 5.24. The summed E-state index contributed by atoms with van der Waals surface area (Å²) in [4.78, 5) is 18.4. The van der Waals surface area contributed by atoms with Crippen molar-refractivity contribution in [2.45, 2.75) is 0 Å². The van der Waals surface area contributed by atoms with Gasteiger partial charge < -0.3 is 19.8 Å². The summed E-state index contributed by atoms with van der Waals surface area (Å²) in [5.41, 5.74) is 0.925. The number of carbonyl (C=O) groups excluding carboxylic acids is 1. The van der Waals surface area contributed by atoms with E-state index in [4.69, 9.17) is 9.15 Å². The molecule has 2 N–H and O–H groups in total. The van der Waals surface area contributed by atoms with Crippen molar-refractivity contribution in [1.82, 2.24) is 9.88 Å². The van der Waals surface area contributed by atoms with E-state index in [1.54, 1.807) is 24.4 Å². The monoisotopic (exact) mass is 316 g/mol. The predicted molar refractivity (Wildman–Crippen MR) is 86.6 cm³/mol. The zero-order chi connectivity index (χ0) is 15.9. The number of pyridine rings is 1. The van der Waals surface area contributed by atoms with Crippen LogP contribution in [0.2, 0.25) is 0 Å². The molecule has 1 saturated heterocycles. The van der Waals surface area contributed by atoms with Crippen LogP contribution in [0.3, 0.4) is 0 Å². The van der Waals surface area contributed by atoms with Crippen LogP contribution in [-0.4, -0.2) is 55.2 Å². The van der Waals surface area contributed by atoms with Gasteiger partial charge in [0.2, 0.25) is 0 Å². The number of carbonyl (C=O) groups is 1. The number of aromatic nitrogens is 1. The number of nitrogens with zero attached hydrogens (tertiary/aromatic N) is 2. The van der Waals surface area contributed by atoms with Gasteiger partial charge in [-0.25, -0.2) is 4.98 Å². The van der Waals surface area contributed by atoms with Crippen LogP contribution >= 0.6 is 0 Å². The summed E-state index contributed by atoms with van der Waals surface area (Å²) in [6, 6.07) is 6.93. The van der Waals surface area contributed by atoms with Crippen molar-refractivity contribution < 1.29 is 13.9 Å². The standard InChI is InChI=1S/C16H20N4O3/c21-16(14-2-1-9-23-14)19-15-4-3-13(12-18-15)17-5-6-20-7-10-22-11-8-20/h1-4,9,12,17H,5-8,10-11H2,(H,18,19,21). The van der Waals surface area contributed by atoms with E-state index in [0.717, 1.165) is 45.1 Å². The van der Waals surface area contributed by atoms with E-state index < -0.39 is 0 Å². The lowest BCUT2D eigenvalue weighted by atomic mass is 10.3. The third kappa shape index (κ3) is 4.54. The highest BCUT2D eigenvalue weighted by Gasteiger charge is 2.10. The van der Waals surface area contributed by atoms with Gasteiger partial charge in [-0.15, -0.1) is 0 Å². The first-order valence-corrected chi connectivity index (χ1v) is 7.66. The molecule has 7 nitrogen and oxygen atoms in total. The fraction of sp³-hybridized carbons (Fsp3) is 0.375. The van der Waals surface area contributed by atoms with Crippen LogP contribution in [0.1, 0.15) is 10.6 Å². The number of hydrogen-bond acceptors (Lipinski definition) is 6. The van der Waals surface area contributed by atoms with E-state index in [9.17, 15) is 4.79 Å². The van der Waals surface area contributed by atoms with Crippen LogP contribution < -0.4 is 10.6 Å². The van der Waals surface area contributed by atoms with Crippen LogP contribution in [0.25, 0.3) is 0 Å². The summed E-state index contributed by atoms with van der Waals surface area (Å²) < 4.78 is 10.4. The molecular weight excluding hydrogens is 296 g/mol. The second kappa shape index (κ2) is 7.75. The first-order valence-electron chi connectivity index (χ1n) is 7.66. The van der Waals surface area contributed by atoms with Gasteiger partial charge in [-0.1, -0.05) is 0 Å². The Hall–Kier alpha value is -2.38. The van der Waals surface area contributed by atoms with Gasteiger partial charge in [-0.05, 0) is 24.3 Å². The van der Waals surface area contributed by atoms with E-state index >= 15 is 0 Å². The number of rotatable bonds is 6.